The van der Waals surface area contributed by atoms with E-state index in [1.165, 1.54) is 12.3 Å². The molecule has 2 N–H and O–H groups in total. The average molecular weight is 341 g/mol. The van der Waals surface area contributed by atoms with Crippen molar-refractivity contribution in [3.8, 4) is 0 Å². The molecule has 23 heavy (non-hydrogen) atoms. The number of aldehydes is 1. The molecular weight excluding hydrogens is 327 g/mol. The molecule has 0 spiro atoms. The van der Waals surface area contributed by atoms with Gasteiger partial charge in [-0.15, -0.1) is 0 Å². The molecule has 0 saturated heterocycles. The maximum absolute atomic E-state index is 14.3. The number of ether oxygens (including phenoxy) is 1. The van der Waals surface area contributed by atoms with Gasteiger partial charge in [-0.2, -0.15) is 0 Å². The lowest BCUT2D eigenvalue weighted by Crippen LogP contribution is -2.20. The zero-order valence-electron chi connectivity index (χ0n) is 12.2. The lowest BCUT2D eigenvalue weighted by atomic mass is 10.1. The van der Waals surface area contributed by atoms with Crippen LogP contribution in [0.3, 0.4) is 0 Å². The van der Waals surface area contributed by atoms with E-state index in [1.54, 1.807) is 6.92 Å². The number of pyridine rings is 1. The van der Waals surface area contributed by atoms with Gasteiger partial charge in [-0.1, -0.05) is 11.6 Å². The van der Waals surface area contributed by atoms with Crippen molar-refractivity contribution in [2.24, 2.45) is 0 Å². The van der Waals surface area contributed by atoms with Gasteiger partial charge >= 0.3 is 5.97 Å². The van der Waals surface area contributed by atoms with E-state index >= 15 is 0 Å². The van der Waals surface area contributed by atoms with Crippen LogP contribution in [0, 0.1) is 5.82 Å². The standard InChI is InChI=1S/C15H14ClFN2O4/c1-2-23-15(22)8-7-19-10-6-9(16)12(17)13(11(10)14(8)21)18-4-3-5-20/h5-7,18H,2-4H2,1H3,(H,19,21). The molecule has 0 amide bonds. The van der Waals surface area contributed by atoms with Crippen LogP contribution >= 0.6 is 11.6 Å². The quantitative estimate of drug-likeness (QED) is 0.479. The van der Waals surface area contributed by atoms with Crippen LogP contribution in [0.4, 0.5) is 10.1 Å². The van der Waals surface area contributed by atoms with Crippen molar-refractivity contribution >= 4 is 40.4 Å². The van der Waals surface area contributed by atoms with Gasteiger partial charge in [-0.05, 0) is 13.0 Å². The number of aromatic nitrogens is 1. The topological polar surface area (TPSA) is 88.3 Å². The van der Waals surface area contributed by atoms with Gasteiger partial charge < -0.3 is 19.8 Å². The van der Waals surface area contributed by atoms with E-state index in [9.17, 15) is 18.8 Å². The number of hydrogen-bond acceptors (Lipinski definition) is 5. The highest BCUT2D eigenvalue weighted by Crippen LogP contribution is 2.29. The summed E-state index contributed by atoms with van der Waals surface area (Å²) < 4.78 is 19.1. The lowest BCUT2D eigenvalue weighted by molar-refractivity contribution is -0.107. The van der Waals surface area contributed by atoms with Gasteiger partial charge in [0.1, 0.15) is 11.8 Å². The fraction of sp³-hybridized carbons (Fsp3) is 0.267. The summed E-state index contributed by atoms with van der Waals surface area (Å²) in [5.41, 5.74) is -0.800. The molecule has 0 aliphatic carbocycles. The zero-order chi connectivity index (χ0) is 17.0. The van der Waals surface area contributed by atoms with Crippen molar-refractivity contribution < 1.29 is 18.7 Å². The van der Waals surface area contributed by atoms with Gasteiger partial charge in [-0.3, -0.25) is 4.79 Å². The number of hydrogen-bond donors (Lipinski definition) is 2. The Labute approximate surface area is 135 Å². The van der Waals surface area contributed by atoms with Gasteiger partial charge in [0, 0.05) is 19.2 Å². The van der Waals surface area contributed by atoms with E-state index < -0.39 is 17.2 Å². The molecule has 0 aliphatic rings. The number of carbonyl (C=O) groups excluding carboxylic acids is 2. The Bertz CT molecular complexity index is 819. The van der Waals surface area contributed by atoms with Gasteiger partial charge in [0.15, 0.2) is 5.82 Å². The Kier molecular flexibility index (Phi) is 5.33. The molecule has 0 aliphatic heterocycles. The number of fused-ring (bicyclic) bond motifs is 1. The molecule has 2 aromatic rings. The Morgan fingerprint density at radius 1 is 1.52 bits per heavy atom. The number of anilines is 1. The Morgan fingerprint density at radius 2 is 2.26 bits per heavy atom. The van der Waals surface area contributed by atoms with E-state index in [0.717, 1.165) is 0 Å². The van der Waals surface area contributed by atoms with Crippen LogP contribution in [0.2, 0.25) is 5.02 Å². The third-order valence-electron chi connectivity index (χ3n) is 3.12. The third kappa shape index (κ3) is 3.34. The maximum Gasteiger partial charge on any atom is 0.343 e. The van der Waals surface area contributed by atoms with Crippen LogP contribution in [0.25, 0.3) is 10.9 Å². The summed E-state index contributed by atoms with van der Waals surface area (Å²) in [6, 6.07) is 1.26. The first-order valence-corrected chi connectivity index (χ1v) is 7.27. The smallest absolute Gasteiger partial charge is 0.343 e. The predicted molar refractivity (Wildman–Crippen MR) is 84.7 cm³/mol. The van der Waals surface area contributed by atoms with Crippen LogP contribution in [0.5, 0.6) is 0 Å². The average Bonchev–Trinajstić information content (AvgIpc) is 2.51. The van der Waals surface area contributed by atoms with Crippen molar-refractivity contribution in [3.05, 3.63) is 38.9 Å². The zero-order valence-corrected chi connectivity index (χ0v) is 13.0. The van der Waals surface area contributed by atoms with Gasteiger partial charge in [0.2, 0.25) is 5.43 Å². The SMILES string of the molecule is CCOC(=O)c1c[nH]c2cc(Cl)c(F)c(NCCC=O)c2c1=O. The van der Waals surface area contributed by atoms with Crippen LogP contribution in [0.15, 0.2) is 17.1 Å². The van der Waals surface area contributed by atoms with Gasteiger partial charge in [0.25, 0.3) is 0 Å². The molecule has 0 radical (unpaired) electrons. The summed E-state index contributed by atoms with van der Waals surface area (Å²) in [7, 11) is 0. The number of aromatic amines is 1. The normalized spacial score (nSPS) is 10.6. The molecule has 6 nitrogen and oxygen atoms in total. The summed E-state index contributed by atoms with van der Waals surface area (Å²) in [6.07, 6.45) is 1.99. The first-order chi connectivity index (χ1) is 11.0. The van der Waals surface area contributed by atoms with Crippen molar-refractivity contribution in [3.63, 3.8) is 0 Å². The van der Waals surface area contributed by atoms with Crippen LogP contribution < -0.4 is 10.7 Å². The molecule has 1 heterocycles. The fourth-order valence-electron chi connectivity index (χ4n) is 2.11. The number of esters is 1. The highest BCUT2D eigenvalue weighted by Gasteiger charge is 2.20. The first-order valence-electron chi connectivity index (χ1n) is 6.89. The van der Waals surface area contributed by atoms with Crippen molar-refractivity contribution in [2.45, 2.75) is 13.3 Å². The molecule has 8 heteroatoms. The van der Waals surface area contributed by atoms with E-state index in [1.807, 2.05) is 0 Å². The Balaban J connectivity index is 2.67. The molecule has 0 bridgehead atoms. The third-order valence-corrected chi connectivity index (χ3v) is 3.40. The highest BCUT2D eigenvalue weighted by molar-refractivity contribution is 6.32. The molecule has 0 saturated carbocycles. The molecule has 0 atom stereocenters. The fourth-order valence-corrected chi connectivity index (χ4v) is 2.31. The largest absolute Gasteiger partial charge is 0.462 e. The molecular formula is C15H14ClFN2O4. The van der Waals surface area contributed by atoms with E-state index in [-0.39, 0.29) is 46.7 Å². The maximum atomic E-state index is 14.3. The number of benzene rings is 1. The number of H-pyrrole nitrogens is 1. The van der Waals surface area contributed by atoms with Crippen LogP contribution in [0.1, 0.15) is 23.7 Å². The van der Waals surface area contributed by atoms with E-state index in [4.69, 9.17) is 16.3 Å². The second-order valence-corrected chi connectivity index (χ2v) is 5.01. The van der Waals surface area contributed by atoms with Crippen molar-refractivity contribution in [1.82, 2.24) is 4.98 Å². The minimum Gasteiger partial charge on any atom is -0.462 e. The number of halogens is 2. The summed E-state index contributed by atoms with van der Waals surface area (Å²) >= 11 is 5.81. The minimum atomic E-state index is -0.823. The predicted octanol–water partition coefficient (Wildman–Crippen LogP) is 2.50. The molecule has 0 unspecified atom stereocenters. The van der Waals surface area contributed by atoms with Gasteiger partial charge in [-0.25, -0.2) is 9.18 Å². The van der Waals surface area contributed by atoms with Crippen molar-refractivity contribution in [1.29, 1.82) is 0 Å². The highest BCUT2D eigenvalue weighted by atomic mass is 35.5. The monoisotopic (exact) mass is 340 g/mol. The van der Waals surface area contributed by atoms with E-state index in [2.05, 4.69) is 10.3 Å². The summed E-state index contributed by atoms with van der Waals surface area (Å²) in [6.45, 7) is 1.84. The summed E-state index contributed by atoms with van der Waals surface area (Å²) in [5.74, 6) is -1.62. The molecule has 0 fully saturated rings. The molecule has 2 rings (SSSR count). The van der Waals surface area contributed by atoms with E-state index in [0.29, 0.717) is 6.29 Å². The van der Waals surface area contributed by atoms with Crippen LogP contribution in [-0.4, -0.2) is 30.4 Å². The minimum absolute atomic E-state index is 0.0525. The first kappa shape index (κ1) is 17.0. The Hall–Kier alpha value is -2.41. The lowest BCUT2D eigenvalue weighted by Gasteiger charge is -2.12. The number of rotatable bonds is 6. The molecule has 1 aromatic carbocycles. The van der Waals surface area contributed by atoms with Crippen molar-refractivity contribution in [2.75, 3.05) is 18.5 Å². The van der Waals surface area contributed by atoms with Gasteiger partial charge in [0.05, 0.1) is 28.2 Å². The Morgan fingerprint density at radius 3 is 2.91 bits per heavy atom. The summed E-state index contributed by atoms with van der Waals surface area (Å²) in [5, 5.41) is 2.43. The molecule has 122 valence electrons. The second kappa shape index (κ2) is 7.23. The summed E-state index contributed by atoms with van der Waals surface area (Å²) in [4.78, 5) is 37.5. The van der Waals surface area contributed by atoms with Crippen LogP contribution in [-0.2, 0) is 9.53 Å². The number of carbonyl (C=O) groups is 2. The second-order valence-electron chi connectivity index (χ2n) is 4.60. The number of nitrogens with one attached hydrogen (secondary N) is 2. The molecule has 1 aromatic heterocycles.